The molecule has 1 N–H and O–H groups in total. The lowest BCUT2D eigenvalue weighted by Crippen LogP contribution is -2.48. The molecule has 2 atom stereocenters. The fourth-order valence-electron chi connectivity index (χ4n) is 4.21. The molecule has 35 heavy (non-hydrogen) atoms. The third-order valence-electron chi connectivity index (χ3n) is 5.84. The van der Waals surface area contributed by atoms with Gasteiger partial charge in [-0.25, -0.2) is 13.4 Å². The van der Waals surface area contributed by atoms with Crippen LogP contribution < -0.4 is 5.32 Å². The summed E-state index contributed by atoms with van der Waals surface area (Å²) in [5.41, 5.74) is 2.75. The van der Waals surface area contributed by atoms with Gasteiger partial charge >= 0.3 is 0 Å². The quantitative estimate of drug-likeness (QED) is 0.410. The maximum absolute atomic E-state index is 13.1. The Morgan fingerprint density at radius 1 is 0.971 bits per heavy atom. The first-order valence-electron chi connectivity index (χ1n) is 11.3. The molecule has 0 aliphatic carbocycles. The van der Waals surface area contributed by atoms with Crippen LogP contribution in [-0.4, -0.2) is 48.9 Å². The number of rotatable bonds is 5. The number of nitrogens with zero attached hydrogens (tertiary/aromatic N) is 2. The number of carbonyl (C=O) groups is 1. The molecular weight excluding hydrogens is 482 g/mol. The SMILES string of the molecule is C[C@@H]1CN(S(=O)(=O)c2ccc(C(=O)Nc3ccccc3-c3nc4ccccc4s3)cc2)C[C@@H](C)O1. The van der Waals surface area contributed by atoms with Gasteiger partial charge in [-0.3, -0.25) is 4.79 Å². The number of nitrogens with one attached hydrogen (secondary N) is 1. The Morgan fingerprint density at radius 2 is 1.63 bits per heavy atom. The molecule has 0 spiro atoms. The van der Waals surface area contributed by atoms with Gasteiger partial charge in [0.05, 0.1) is 33.0 Å². The number of morpholine rings is 1. The van der Waals surface area contributed by atoms with Crippen molar-refractivity contribution in [2.45, 2.75) is 31.0 Å². The standard InChI is InChI=1S/C26H25N3O4S2/c1-17-15-29(16-18(2)33-17)35(31,32)20-13-11-19(12-14-20)25(30)27-22-8-4-3-7-21(22)26-28-23-9-5-6-10-24(23)34-26/h3-14,17-18H,15-16H2,1-2H3,(H,27,30)/t17-,18-/m1/s1. The first kappa shape index (κ1) is 23.6. The van der Waals surface area contributed by atoms with E-state index in [2.05, 4.69) is 5.32 Å². The van der Waals surface area contributed by atoms with Crippen molar-refractivity contribution >= 4 is 43.2 Å². The Balaban J connectivity index is 1.36. The van der Waals surface area contributed by atoms with Crippen molar-refractivity contribution in [3.8, 4) is 10.6 Å². The van der Waals surface area contributed by atoms with Crippen molar-refractivity contribution in [1.82, 2.24) is 9.29 Å². The zero-order valence-electron chi connectivity index (χ0n) is 19.3. The monoisotopic (exact) mass is 507 g/mol. The second-order valence-corrected chi connectivity index (χ2v) is 11.6. The van der Waals surface area contributed by atoms with Crippen molar-refractivity contribution in [3.63, 3.8) is 0 Å². The predicted octanol–water partition coefficient (Wildman–Crippen LogP) is 5.01. The first-order chi connectivity index (χ1) is 16.8. The molecule has 0 radical (unpaired) electrons. The average Bonchev–Trinajstić information content (AvgIpc) is 3.28. The molecule has 4 aromatic rings. The van der Waals surface area contributed by atoms with Gasteiger partial charge in [0.15, 0.2) is 0 Å². The zero-order valence-corrected chi connectivity index (χ0v) is 21.0. The number of sulfonamides is 1. The van der Waals surface area contributed by atoms with Crippen molar-refractivity contribution < 1.29 is 17.9 Å². The van der Waals surface area contributed by atoms with Gasteiger partial charge in [0.2, 0.25) is 10.0 Å². The van der Waals surface area contributed by atoms with E-state index in [4.69, 9.17) is 9.72 Å². The number of benzene rings is 3. The molecule has 180 valence electrons. The van der Waals surface area contributed by atoms with Crippen LogP contribution >= 0.6 is 11.3 Å². The van der Waals surface area contributed by atoms with E-state index in [1.54, 1.807) is 11.3 Å². The van der Waals surface area contributed by atoms with Gasteiger partial charge in [-0.1, -0.05) is 24.3 Å². The first-order valence-corrected chi connectivity index (χ1v) is 13.6. The summed E-state index contributed by atoms with van der Waals surface area (Å²) in [7, 11) is -3.67. The summed E-state index contributed by atoms with van der Waals surface area (Å²) >= 11 is 1.56. The largest absolute Gasteiger partial charge is 0.373 e. The lowest BCUT2D eigenvalue weighted by molar-refractivity contribution is -0.0440. The number of anilines is 1. The lowest BCUT2D eigenvalue weighted by atomic mass is 10.1. The van der Waals surface area contributed by atoms with Gasteiger partial charge in [0.1, 0.15) is 5.01 Å². The molecule has 1 fully saturated rings. The maximum atomic E-state index is 13.1. The van der Waals surface area contributed by atoms with E-state index in [1.165, 1.54) is 28.6 Å². The highest BCUT2D eigenvalue weighted by Gasteiger charge is 2.32. The summed E-state index contributed by atoms with van der Waals surface area (Å²) in [5, 5.41) is 3.77. The molecule has 9 heteroatoms. The fraction of sp³-hybridized carbons (Fsp3) is 0.231. The number of fused-ring (bicyclic) bond motifs is 1. The minimum atomic E-state index is -3.67. The summed E-state index contributed by atoms with van der Waals surface area (Å²) in [6.07, 6.45) is -0.344. The highest BCUT2D eigenvalue weighted by molar-refractivity contribution is 7.89. The van der Waals surface area contributed by atoms with Crippen LogP contribution in [0.4, 0.5) is 5.69 Å². The molecule has 1 saturated heterocycles. The Morgan fingerprint density at radius 3 is 2.34 bits per heavy atom. The third-order valence-corrected chi connectivity index (χ3v) is 8.76. The van der Waals surface area contributed by atoms with Gasteiger partial charge in [0, 0.05) is 24.2 Å². The van der Waals surface area contributed by atoms with Crippen LogP contribution in [0.3, 0.4) is 0 Å². The second kappa shape index (κ2) is 9.50. The minimum absolute atomic E-state index is 0.158. The third kappa shape index (κ3) is 4.85. The van der Waals surface area contributed by atoms with Gasteiger partial charge in [-0.05, 0) is 62.4 Å². The Kier molecular flexibility index (Phi) is 6.41. The molecule has 0 saturated carbocycles. The van der Waals surface area contributed by atoms with E-state index in [0.717, 1.165) is 20.8 Å². The van der Waals surface area contributed by atoms with Crippen LogP contribution in [0.25, 0.3) is 20.8 Å². The van der Waals surface area contributed by atoms with Crippen LogP contribution in [0.15, 0.2) is 77.7 Å². The molecular formula is C26H25N3O4S2. The molecule has 0 unspecified atom stereocenters. The van der Waals surface area contributed by atoms with Gasteiger partial charge in [0.25, 0.3) is 5.91 Å². The minimum Gasteiger partial charge on any atom is -0.373 e. The highest BCUT2D eigenvalue weighted by Crippen LogP contribution is 2.34. The van der Waals surface area contributed by atoms with E-state index in [9.17, 15) is 13.2 Å². The van der Waals surface area contributed by atoms with E-state index < -0.39 is 10.0 Å². The van der Waals surface area contributed by atoms with Crippen molar-refractivity contribution in [2.75, 3.05) is 18.4 Å². The topological polar surface area (TPSA) is 88.6 Å². The van der Waals surface area contributed by atoms with E-state index in [1.807, 2.05) is 62.4 Å². The molecule has 7 nitrogen and oxygen atoms in total. The van der Waals surface area contributed by atoms with E-state index in [0.29, 0.717) is 24.3 Å². The van der Waals surface area contributed by atoms with Crippen molar-refractivity contribution in [2.24, 2.45) is 0 Å². The number of ether oxygens (including phenoxy) is 1. The smallest absolute Gasteiger partial charge is 0.255 e. The van der Waals surface area contributed by atoms with Crippen LogP contribution in [0, 0.1) is 0 Å². The predicted molar refractivity (Wildman–Crippen MR) is 138 cm³/mol. The Hall–Kier alpha value is -3.11. The highest BCUT2D eigenvalue weighted by atomic mass is 32.2. The second-order valence-electron chi connectivity index (χ2n) is 8.59. The summed E-state index contributed by atoms with van der Waals surface area (Å²) in [5.74, 6) is -0.323. The summed E-state index contributed by atoms with van der Waals surface area (Å²) in [6, 6.07) is 21.5. The average molecular weight is 508 g/mol. The Labute approximate surface area is 208 Å². The van der Waals surface area contributed by atoms with Crippen LogP contribution in [0.1, 0.15) is 24.2 Å². The molecule has 1 aliphatic rings. The maximum Gasteiger partial charge on any atom is 0.255 e. The molecule has 0 bridgehead atoms. The fourth-order valence-corrected chi connectivity index (χ4v) is 6.81. The van der Waals surface area contributed by atoms with Gasteiger partial charge in [-0.15, -0.1) is 11.3 Å². The van der Waals surface area contributed by atoms with Gasteiger partial charge in [-0.2, -0.15) is 4.31 Å². The number of hydrogen-bond donors (Lipinski definition) is 1. The van der Waals surface area contributed by atoms with Crippen LogP contribution in [0.5, 0.6) is 0 Å². The summed E-state index contributed by atoms with van der Waals surface area (Å²) < 4.78 is 34.3. The van der Waals surface area contributed by atoms with Gasteiger partial charge < -0.3 is 10.1 Å². The van der Waals surface area contributed by atoms with Crippen LogP contribution in [-0.2, 0) is 14.8 Å². The number of para-hydroxylation sites is 2. The number of hydrogen-bond acceptors (Lipinski definition) is 6. The van der Waals surface area contributed by atoms with E-state index >= 15 is 0 Å². The van der Waals surface area contributed by atoms with Crippen LogP contribution in [0.2, 0.25) is 0 Å². The molecule has 3 aromatic carbocycles. The number of carbonyl (C=O) groups excluding carboxylic acids is 1. The summed E-state index contributed by atoms with van der Waals surface area (Å²) in [6.45, 7) is 4.32. The van der Waals surface area contributed by atoms with Crippen molar-refractivity contribution in [1.29, 1.82) is 0 Å². The normalized spacial score (nSPS) is 19.0. The van der Waals surface area contributed by atoms with E-state index in [-0.39, 0.29) is 23.0 Å². The molecule has 1 aliphatic heterocycles. The number of thiazole rings is 1. The molecule has 1 amide bonds. The summed E-state index contributed by atoms with van der Waals surface area (Å²) in [4.78, 5) is 17.9. The Bertz CT molecular complexity index is 1440. The zero-order chi connectivity index (χ0) is 24.6. The molecule has 5 rings (SSSR count). The molecule has 1 aromatic heterocycles. The van der Waals surface area contributed by atoms with Crippen molar-refractivity contribution in [3.05, 3.63) is 78.4 Å². The molecule has 2 heterocycles. The number of amides is 1. The lowest BCUT2D eigenvalue weighted by Gasteiger charge is -2.34. The number of aromatic nitrogens is 1.